The summed E-state index contributed by atoms with van der Waals surface area (Å²) in [5.41, 5.74) is 0. The molecule has 2 atom stereocenters. The van der Waals surface area contributed by atoms with Gasteiger partial charge in [0.2, 0.25) is 11.8 Å². The van der Waals surface area contributed by atoms with Gasteiger partial charge in [0.25, 0.3) is 0 Å². The van der Waals surface area contributed by atoms with Crippen LogP contribution in [0.4, 0.5) is 0 Å². The fourth-order valence-electron chi connectivity index (χ4n) is 1.32. The second-order valence-corrected chi connectivity index (χ2v) is 3.46. The van der Waals surface area contributed by atoms with Gasteiger partial charge >= 0.3 is 5.97 Å². The summed E-state index contributed by atoms with van der Waals surface area (Å²) in [4.78, 5) is 32.7. The molecule has 84 valence electrons. The van der Waals surface area contributed by atoms with E-state index in [9.17, 15) is 14.4 Å². The monoisotopic (exact) mass is 214 g/mol. The molecule has 2 amide bonds. The van der Waals surface area contributed by atoms with Crippen molar-refractivity contribution in [2.75, 3.05) is 13.1 Å². The van der Waals surface area contributed by atoms with E-state index in [1.54, 1.807) is 6.92 Å². The lowest BCUT2D eigenvalue weighted by Crippen LogP contribution is -2.37. The highest BCUT2D eigenvalue weighted by molar-refractivity contribution is 5.91. The van der Waals surface area contributed by atoms with Crippen LogP contribution < -0.4 is 10.6 Å². The number of rotatable bonds is 5. The molecule has 0 aromatic heterocycles. The normalized spacial score (nSPS) is 23.0. The van der Waals surface area contributed by atoms with Gasteiger partial charge in [0.15, 0.2) is 0 Å². The molecule has 6 heteroatoms. The van der Waals surface area contributed by atoms with Crippen molar-refractivity contribution in [3.63, 3.8) is 0 Å². The van der Waals surface area contributed by atoms with Crippen molar-refractivity contribution < 1.29 is 19.5 Å². The molecule has 15 heavy (non-hydrogen) atoms. The minimum atomic E-state index is -0.951. The molecule has 0 heterocycles. The number of carboxylic acids is 1. The van der Waals surface area contributed by atoms with E-state index in [1.807, 2.05) is 0 Å². The van der Waals surface area contributed by atoms with Crippen LogP contribution >= 0.6 is 0 Å². The van der Waals surface area contributed by atoms with Crippen molar-refractivity contribution in [1.82, 2.24) is 10.6 Å². The van der Waals surface area contributed by atoms with Crippen LogP contribution in [0.2, 0.25) is 0 Å². The Kier molecular flexibility index (Phi) is 3.65. The molecule has 0 unspecified atom stereocenters. The molecule has 3 N–H and O–H groups in total. The van der Waals surface area contributed by atoms with Crippen LogP contribution in [0.5, 0.6) is 0 Å². The fraction of sp³-hybridized carbons (Fsp3) is 0.667. The molecule has 0 aromatic carbocycles. The van der Waals surface area contributed by atoms with Crippen molar-refractivity contribution in [3.8, 4) is 0 Å². The zero-order chi connectivity index (χ0) is 11.4. The standard InChI is InChI=1S/C9H14N2O4/c1-2-10-7(12)4-11-8(13)5-3-6(5)9(14)15/h5-6H,2-4H2,1H3,(H,10,12)(H,11,13)(H,14,15)/t5-,6+/m1/s1. The van der Waals surface area contributed by atoms with E-state index < -0.39 is 17.8 Å². The Labute approximate surface area is 87.0 Å². The summed E-state index contributed by atoms with van der Waals surface area (Å²) in [6.07, 6.45) is 0.372. The number of carboxylic acid groups (broad SMARTS) is 1. The second kappa shape index (κ2) is 4.77. The van der Waals surface area contributed by atoms with Gasteiger partial charge in [-0.05, 0) is 13.3 Å². The number of aliphatic carboxylic acids is 1. The highest BCUT2D eigenvalue weighted by Gasteiger charge is 2.48. The molecule has 6 nitrogen and oxygen atoms in total. The fourth-order valence-corrected chi connectivity index (χ4v) is 1.32. The van der Waals surface area contributed by atoms with Gasteiger partial charge in [-0.25, -0.2) is 0 Å². The molecular weight excluding hydrogens is 200 g/mol. The topological polar surface area (TPSA) is 95.5 Å². The highest BCUT2D eigenvalue weighted by atomic mass is 16.4. The third kappa shape index (κ3) is 3.23. The lowest BCUT2D eigenvalue weighted by atomic mass is 10.3. The maximum absolute atomic E-state index is 11.3. The molecule has 0 spiro atoms. The van der Waals surface area contributed by atoms with E-state index in [0.717, 1.165) is 0 Å². The zero-order valence-corrected chi connectivity index (χ0v) is 8.45. The molecule has 1 aliphatic carbocycles. The number of carbonyl (C=O) groups excluding carboxylic acids is 2. The Bertz CT molecular complexity index is 290. The third-order valence-corrected chi connectivity index (χ3v) is 2.24. The van der Waals surface area contributed by atoms with E-state index in [0.29, 0.717) is 13.0 Å². The first kappa shape index (κ1) is 11.5. The predicted molar refractivity (Wildman–Crippen MR) is 50.9 cm³/mol. The van der Waals surface area contributed by atoms with Gasteiger partial charge in [0, 0.05) is 6.54 Å². The predicted octanol–water partition coefficient (Wildman–Crippen LogP) is -1.04. The number of hydrogen-bond acceptors (Lipinski definition) is 3. The van der Waals surface area contributed by atoms with Gasteiger partial charge in [-0.3, -0.25) is 14.4 Å². The Balaban J connectivity index is 2.21. The summed E-state index contributed by atoms with van der Waals surface area (Å²) >= 11 is 0. The number of nitrogens with one attached hydrogen (secondary N) is 2. The average Bonchev–Trinajstić information content (AvgIpc) is 2.94. The minimum absolute atomic E-state index is 0.0878. The largest absolute Gasteiger partial charge is 0.481 e. The number of amides is 2. The first-order valence-electron chi connectivity index (χ1n) is 4.83. The zero-order valence-electron chi connectivity index (χ0n) is 8.45. The number of carbonyl (C=O) groups is 3. The molecule has 1 fully saturated rings. The molecule has 1 aliphatic rings. The van der Waals surface area contributed by atoms with Gasteiger partial charge in [-0.15, -0.1) is 0 Å². The molecule has 0 aromatic rings. The van der Waals surface area contributed by atoms with Crippen LogP contribution in [0.15, 0.2) is 0 Å². The Morgan fingerprint density at radius 2 is 1.93 bits per heavy atom. The van der Waals surface area contributed by atoms with E-state index in [1.165, 1.54) is 0 Å². The summed E-state index contributed by atoms with van der Waals surface area (Å²) in [7, 11) is 0. The quantitative estimate of drug-likeness (QED) is 0.544. The van der Waals surface area contributed by atoms with Crippen LogP contribution in [-0.4, -0.2) is 36.0 Å². The lowest BCUT2D eigenvalue weighted by molar-refractivity contribution is -0.140. The van der Waals surface area contributed by atoms with Crippen molar-refractivity contribution in [2.45, 2.75) is 13.3 Å². The van der Waals surface area contributed by atoms with E-state index in [-0.39, 0.29) is 18.4 Å². The first-order chi connectivity index (χ1) is 7.06. The average molecular weight is 214 g/mol. The van der Waals surface area contributed by atoms with Crippen molar-refractivity contribution >= 4 is 17.8 Å². The van der Waals surface area contributed by atoms with Gasteiger partial charge in [-0.1, -0.05) is 0 Å². The summed E-state index contributed by atoms with van der Waals surface area (Å²) < 4.78 is 0. The first-order valence-corrected chi connectivity index (χ1v) is 4.83. The molecule has 0 radical (unpaired) electrons. The van der Waals surface area contributed by atoms with Crippen LogP contribution in [0.3, 0.4) is 0 Å². The van der Waals surface area contributed by atoms with Crippen molar-refractivity contribution in [1.29, 1.82) is 0 Å². The van der Waals surface area contributed by atoms with Gasteiger partial charge in [-0.2, -0.15) is 0 Å². The molecule has 1 rings (SSSR count). The van der Waals surface area contributed by atoms with E-state index in [4.69, 9.17) is 5.11 Å². The minimum Gasteiger partial charge on any atom is -0.481 e. The number of likely N-dealkylation sites (N-methyl/N-ethyl adjacent to an activating group) is 1. The summed E-state index contributed by atoms with van der Waals surface area (Å²) in [6.45, 7) is 2.20. The Morgan fingerprint density at radius 1 is 1.27 bits per heavy atom. The summed E-state index contributed by atoms with van der Waals surface area (Å²) in [5, 5.41) is 13.5. The molecule has 0 bridgehead atoms. The maximum Gasteiger partial charge on any atom is 0.307 e. The molecule has 1 saturated carbocycles. The SMILES string of the molecule is CCNC(=O)CNC(=O)[C@@H]1C[C@@H]1C(=O)O. The maximum atomic E-state index is 11.3. The summed E-state index contributed by atoms with van der Waals surface area (Å²) in [6, 6.07) is 0. The third-order valence-electron chi connectivity index (χ3n) is 2.24. The van der Waals surface area contributed by atoms with Gasteiger partial charge < -0.3 is 15.7 Å². The van der Waals surface area contributed by atoms with E-state index >= 15 is 0 Å². The Morgan fingerprint density at radius 3 is 2.40 bits per heavy atom. The van der Waals surface area contributed by atoms with Crippen LogP contribution in [0.1, 0.15) is 13.3 Å². The van der Waals surface area contributed by atoms with E-state index in [2.05, 4.69) is 10.6 Å². The molecule has 0 saturated heterocycles. The van der Waals surface area contributed by atoms with Crippen molar-refractivity contribution in [3.05, 3.63) is 0 Å². The van der Waals surface area contributed by atoms with Crippen LogP contribution in [0.25, 0.3) is 0 Å². The van der Waals surface area contributed by atoms with Gasteiger partial charge in [0.1, 0.15) is 0 Å². The van der Waals surface area contributed by atoms with Crippen LogP contribution in [-0.2, 0) is 14.4 Å². The van der Waals surface area contributed by atoms with Crippen molar-refractivity contribution in [2.24, 2.45) is 11.8 Å². The number of hydrogen-bond donors (Lipinski definition) is 3. The smallest absolute Gasteiger partial charge is 0.307 e. The van der Waals surface area contributed by atoms with Crippen LogP contribution in [0, 0.1) is 11.8 Å². The second-order valence-electron chi connectivity index (χ2n) is 3.46. The highest BCUT2D eigenvalue weighted by Crippen LogP contribution is 2.38. The molecule has 0 aliphatic heterocycles. The molecular formula is C9H14N2O4. The summed E-state index contributed by atoms with van der Waals surface area (Å²) in [5.74, 6) is -2.60. The van der Waals surface area contributed by atoms with Gasteiger partial charge in [0.05, 0.1) is 18.4 Å². The lowest BCUT2D eigenvalue weighted by Gasteiger charge is -2.03. The Hall–Kier alpha value is -1.59.